The maximum Gasteiger partial charge on any atom is 0.280 e. The molecule has 0 aliphatic heterocycles. The quantitative estimate of drug-likeness (QED) is 0.812. The highest BCUT2D eigenvalue weighted by molar-refractivity contribution is 6.17. The molecular formula is C9H7ClF2N2O. The van der Waals surface area contributed by atoms with Crippen molar-refractivity contribution in [1.29, 1.82) is 5.26 Å². The molecule has 0 radical (unpaired) electrons. The first-order valence-corrected chi connectivity index (χ1v) is 4.55. The molecule has 0 saturated heterocycles. The lowest BCUT2D eigenvalue weighted by molar-refractivity contribution is 0.145. The van der Waals surface area contributed by atoms with Crippen molar-refractivity contribution >= 4 is 11.6 Å². The van der Waals surface area contributed by atoms with Crippen LogP contribution in [0.15, 0.2) is 6.07 Å². The van der Waals surface area contributed by atoms with Crippen LogP contribution in [0.5, 0.6) is 0 Å². The lowest BCUT2D eigenvalue weighted by atomic mass is 10.1. The smallest absolute Gasteiger partial charge is 0.280 e. The first kappa shape index (κ1) is 11.8. The zero-order valence-corrected chi connectivity index (χ0v) is 8.30. The maximum absolute atomic E-state index is 12.4. The molecule has 15 heavy (non-hydrogen) atoms. The number of nitriles is 1. The lowest BCUT2D eigenvalue weighted by Gasteiger charge is -2.08. The van der Waals surface area contributed by atoms with Crippen molar-refractivity contribution in [2.45, 2.75) is 18.9 Å². The van der Waals surface area contributed by atoms with Crippen LogP contribution in [0.1, 0.15) is 28.9 Å². The molecule has 0 saturated carbocycles. The van der Waals surface area contributed by atoms with E-state index in [2.05, 4.69) is 4.98 Å². The van der Waals surface area contributed by atoms with Gasteiger partial charge in [-0.2, -0.15) is 5.26 Å². The minimum atomic E-state index is -2.76. The monoisotopic (exact) mass is 232 g/mol. The van der Waals surface area contributed by atoms with Crippen LogP contribution in [-0.2, 0) is 12.5 Å². The number of halogens is 3. The van der Waals surface area contributed by atoms with Crippen LogP contribution in [0.3, 0.4) is 0 Å². The van der Waals surface area contributed by atoms with Gasteiger partial charge in [0, 0.05) is 5.56 Å². The van der Waals surface area contributed by atoms with E-state index in [4.69, 9.17) is 22.0 Å². The Bertz CT molecular complexity index is 404. The van der Waals surface area contributed by atoms with E-state index in [1.165, 1.54) is 0 Å². The van der Waals surface area contributed by atoms with Crippen LogP contribution in [0.25, 0.3) is 0 Å². The van der Waals surface area contributed by atoms with Crippen LogP contribution in [0.2, 0.25) is 0 Å². The zero-order chi connectivity index (χ0) is 11.4. The summed E-state index contributed by atoms with van der Waals surface area (Å²) in [4.78, 5) is 3.58. The predicted molar refractivity (Wildman–Crippen MR) is 49.4 cm³/mol. The molecule has 1 aromatic rings. The summed E-state index contributed by atoms with van der Waals surface area (Å²) in [6.07, 6.45) is -2.76. The van der Waals surface area contributed by atoms with Crippen molar-refractivity contribution in [3.05, 3.63) is 28.6 Å². The Balaban J connectivity index is 3.37. The van der Waals surface area contributed by atoms with Gasteiger partial charge in [-0.1, -0.05) is 0 Å². The third kappa shape index (κ3) is 2.41. The third-order valence-electron chi connectivity index (χ3n) is 1.86. The van der Waals surface area contributed by atoms with Gasteiger partial charge in [0.2, 0.25) is 0 Å². The maximum atomic E-state index is 12.4. The fourth-order valence-corrected chi connectivity index (χ4v) is 1.37. The van der Waals surface area contributed by atoms with Gasteiger partial charge in [-0.15, -0.1) is 11.6 Å². The summed E-state index contributed by atoms with van der Waals surface area (Å²) in [7, 11) is 0. The third-order valence-corrected chi connectivity index (χ3v) is 2.11. The summed E-state index contributed by atoms with van der Waals surface area (Å²) >= 11 is 5.49. The van der Waals surface area contributed by atoms with Crippen molar-refractivity contribution in [3.8, 4) is 6.07 Å². The Morgan fingerprint density at radius 1 is 1.60 bits per heavy atom. The van der Waals surface area contributed by atoms with Gasteiger partial charge < -0.3 is 5.11 Å². The number of pyridine rings is 1. The summed E-state index contributed by atoms with van der Waals surface area (Å²) < 4.78 is 24.7. The number of aliphatic hydroxyl groups excluding tert-OH is 1. The van der Waals surface area contributed by atoms with E-state index in [-0.39, 0.29) is 22.7 Å². The number of alkyl halides is 3. The van der Waals surface area contributed by atoms with E-state index in [1.54, 1.807) is 6.07 Å². The van der Waals surface area contributed by atoms with Crippen LogP contribution in [0.4, 0.5) is 8.78 Å². The van der Waals surface area contributed by atoms with E-state index in [1.807, 2.05) is 0 Å². The number of rotatable bonds is 3. The number of hydrogen-bond acceptors (Lipinski definition) is 3. The number of aliphatic hydroxyl groups is 1. The molecule has 0 atom stereocenters. The minimum Gasteiger partial charge on any atom is -0.392 e. The van der Waals surface area contributed by atoms with E-state index in [0.717, 1.165) is 6.07 Å². The molecule has 0 unspecified atom stereocenters. The fourth-order valence-electron chi connectivity index (χ4n) is 1.14. The van der Waals surface area contributed by atoms with Crippen LogP contribution in [0, 0.1) is 11.3 Å². The minimum absolute atomic E-state index is 0.0153. The molecule has 3 nitrogen and oxygen atoms in total. The van der Waals surface area contributed by atoms with Gasteiger partial charge in [0.1, 0.15) is 5.69 Å². The summed E-state index contributed by atoms with van der Waals surface area (Å²) in [6.45, 7) is -0.443. The average Bonchev–Trinajstić information content (AvgIpc) is 2.26. The largest absolute Gasteiger partial charge is 0.392 e. The topological polar surface area (TPSA) is 56.9 Å². The van der Waals surface area contributed by atoms with Crippen LogP contribution in [-0.4, -0.2) is 10.1 Å². The standard InChI is InChI=1S/C9H7ClF2N2O/c10-2-8-6(4-15)5(3-13)1-7(14-8)9(11)12/h1,9,15H,2,4H2. The van der Waals surface area contributed by atoms with E-state index in [9.17, 15) is 8.78 Å². The lowest BCUT2D eigenvalue weighted by Crippen LogP contribution is -2.04. The molecule has 0 aliphatic carbocycles. The molecule has 0 aliphatic rings. The van der Waals surface area contributed by atoms with Crippen molar-refractivity contribution in [1.82, 2.24) is 4.98 Å². The van der Waals surface area contributed by atoms with Crippen molar-refractivity contribution in [3.63, 3.8) is 0 Å². The Kier molecular flexibility index (Phi) is 3.95. The van der Waals surface area contributed by atoms with E-state index < -0.39 is 18.7 Å². The Morgan fingerprint density at radius 2 is 2.27 bits per heavy atom. The molecule has 0 fully saturated rings. The molecule has 1 N–H and O–H groups in total. The highest BCUT2D eigenvalue weighted by atomic mass is 35.5. The molecule has 1 aromatic heterocycles. The molecule has 1 rings (SSSR count). The summed E-state index contributed by atoms with van der Waals surface area (Å²) in [5.74, 6) is -0.120. The molecule has 6 heteroatoms. The SMILES string of the molecule is N#Cc1cc(C(F)F)nc(CCl)c1CO. The van der Waals surface area contributed by atoms with Crippen molar-refractivity contribution in [2.75, 3.05) is 0 Å². The first-order valence-electron chi connectivity index (χ1n) is 4.01. The summed E-state index contributed by atoms with van der Waals surface area (Å²) in [5.41, 5.74) is -0.191. The molecule has 0 amide bonds. The van der Waals surface area contributed by atoms with E-state index >= 15 is 0 Å². The molecule has 1 heterocycles. The van der Waals surface area contributed by atoms with Gasteiger partial charge in [-0.25, -0.2) is 8.78 Å². The second kappa shape index (κ2) is 5.01. The highest BCUT2D eigenvalue weighted by Gasteiger charge is 2.16. The molecule has 80 valence electrons. The number of aromatic nitrogens is 1. The Morgan fingerprint density at radius 3 is 2.67 bits per heavy atom. The number of nitrogens with zero attached hydrogens (tertiary/aromatic N) is 2. The molecule has 0 bridgehead atoms. The second-order valence-corrected chi connectivity index (χ2v) is 2.99. The fraction of sp³-hybridized carbons (Fsp3) is 0.333. The molecule has 0 spiro atoms. The van der Waals surface area contributed by atoms with Crippen molar-refractivity contribution < 1.29 is 13.9 Å². The van der Waals surface area contributed by atoms with Gasteiger partial charge in [0.05, 0.1) is 29.8 Å². The Labute approximate surface area is 89.9 Å². The van der Waals surface area contributed by atoms with Crippen LogP contribution >= 0.6 is 11.6 Å². The number of hydrogen-bond donors (Lipinski definition) is 1. The van der Waals surface area contributed by atoms with Gasteiger partial charge in [0.15, 0.2) is 0 Å². The molecule has 0 aromatic carbocycles. The van der Waals surface area contributed by atoms with Gasteiger partial charge in [-0.3, -0.25) is 4.98 Å². The van der Waals surface area contributed by atoms with Gasteiger partial charge >= 0.3 is 0 Å². The average molecular weight is 233 g/mol. The van der Waals surface area contributed by atoms with Gasteiger partial charge in [-0.05, 0) is 6.07 Å². The summed E-state index contributed by atoms with van der Waals surface area (Å²) in [5, 5.41) is 17.7. The van der Waals surface area contributed by atoms with Crippen LogP contribution < -0.4 is 0 Å². The second-order valence-electron chi connectivity index (χ2n) is 2.72. The van der Waals surface area contributed by atoms with Crippen molar-refractivity contribution in [2.24, 2.45) is 0 Å². The van der Waals surface area contributed by atoms with E-state index in [0.29, 0.717) is 0 Å². The normalized spacial score (nSPS) is 10.4. The Hall–Kier alpha value is -1.25. The van der Waals surface area contributed by atoms with Gasteiger partial charge in [0.25, 0.3) is 6.43 Å². The molecular weight excluding hydrogens is 226 g/mol. The zero-order valence-electron chi connectivity index (χ0n) is 7.54. The predicted octanol–water partition coefficient (Wildman–Crippen LogP) is 2.12. The highest BCUT2D eigenvalue weighted by Crippen LogP contribution is 2.22. The first-order chi connectivity index (χ1) is 7.13. The summed E-state index contributed by atoms with van der Waals surface area (Å²) in [6, 6.07) is 2.69.